The van der Waals surface area contributed by atoms with Crippen LogP contribution in [0.4, 0.5) is 0 Å². The average molecular weight is 186 g/mol. The third kappa shape index (κ3) is 2.42. The molecule has 0 radical (unpaired) electrons. The van der Waals surface area contributed by atoms with Crippen LogP contribution in [0.1, 0.15) is 19.8 Å². The summed E-state index contributed by atoms with van der Waals surface area (Å²) < 4.78 is 4.93. The van der Waals surface area contributed by atoms with Crippen LogP contribution in [0, 0.1) is 0 Å². The quantitative estimate of drug-likeness (QED) is 0.627. The summed E-state index contributed by atoms with van der Waals surface area (Å²) in [6, 6.07) is 0.194. The summed E-state index contributed by atoms with van der Waals surface area (Å²) in [5.74, 6) is 0.177. The first-order chi connectivity index (χ1) is 6.16. The molecule has 1 amide bonds. The van der Waals surface area contributed by atoms with Crippen molar-refractivity contribution in [3.63, 3.8) is 0 Å². The molecular formula is C9H18N2O2. The summed E-state index contributed by atoms with van der Waals surface area (Å²) >= 11 is 0. The lowest BCUT2D eigenvalue weighted by Gasteiger charge is -2.22. The van der Waals surface area contributed by atoms with Gasteiger partial charge in [-0.25, -0.2) is 0 Å². The molecule has 1 aliphatic rings. The molecule has 0 aromatic rings. The van der Waals surface area contributed by atoms with Gasteiger partial charge in [0.15, 0.2) is 0 Å². The summed E-state index contributed by atoms with van der Waals surface area (Å²) in [5, 5.41) is 0. The average Bonchev–Trinajstić information content (AvgIpc) is 2.32. The van der Waals surface area contributed by atoms with Crippen molar-refractivity contribution in [2.24, 2.45) is 5.73 Å². The maximum absolute atomic E-state index is 11.4. The molecule has 2 unspecified atom stereocenters. The minimum absolute atomic E-state index is 0.00930. The molecule has 13 heavy (non-hydrogen) atoms. The second-order valence-corrected chi connectivity index (χ2v) is 3.54. The van der Waals surface area contributed by atoms with E-state index in [-0.39, 0.29) is 18.0 Å². The number of likely N-dealkylation sites (tertiary alicyclic amines) is 1. The van der Waals surface area contributed by atoms with E-state index in [1.54, 1.807) is 7.11 Å². The molecule has 0 bridgehead atoms. The van der Waals surface area contributed by atoms with E-state index in [4.69, 9.17) is 10.5 Å². The zero-order valence-corrected chi connectivity index (χ0v) is 8.32. The van der Waals surface area contributed by atoms with E-state index in [0.717, 1.165) is 13.0 Å². The Hall–Kier alpha value is -0.610. The van der Waals surface area contributed by atoms with Gasteiger partial charge in [0, 0.05) is 38.8 Å². The first-order valence-electron chi connectivity index (χ1n) is 4.70. The monoisotopic (exact) mass is 186 g/mol. The standard InChI is InChI=1S/C9H18N2O2/c1-7-8(10)6-9(12)11(7)4-3-5-13-2/h7-8H,3-6,10H2,1-2H3. The molecule has 0 aliphatic carbocycles. The Morgan fingerprint density at radius 2 is 2.38 bits per heavy atom. The van der Waals surface area contributed by atoms with Crippen LogP contribution < -0.4 is 5.73 Å². The largest absolute Gasteiger partial charge is 0.385 e. The van der Waals surface area contributed by atoms with Gasteiger partial charge in [-0.15, -0.1) is 0 Å². The highest BCUT2D eigenvalue weighted by Gasteiger charge is 2.33. The second kappa shape index (κ2) is 4.58. The van der Waals surface area contributed by atoms with Crippen LogP contribution in [0.25, 0.3) is 0 Å². The van der Waals surface area contributed by atoms with Gasteiger partial charge >= 0.3 is 0 Å². The Morgan fingerprint density at radius 1 is 1.69 bits per heavy atom. The molecule has 0 saturated carbocycles. The summed E-state index contributed by atoms with van der Waals surface area (Å²) in [7, 11) is 1.67. The fourth-order valence-electron chi connectivity index (χ4n) is 1.66. The minimum Gasteiger partial charge on any atom is -0.385 e. The Morgan fingerprint density at radius 3 is 2.85 bits per heavy atom. The van der Waals surface area contributed by atoms with Crippen LogP contribution in [0.15, 0.2) is 0 Å². The van der Waals surface area contributed by atoms with E-state index in [2.05, 4.69) is 0 Å². The van der Waals surface area contributed by atoms with Crippen molar-refractivity contribution in [1.29, 1.82) is 0 Å². The number of amides is 1. The lowest BCUT2D eigenvalue weighted by molar-refractivity contribution is -0.128. The molecule has 4 heteroatoms. The smallest absolute Gasteiger partial charge is 0.224 e. The first-order valence-corrected chi connectivity index (χ1v) is 4.70. The van der Waals surface area contributed by atoms with Crippen molar-refractivity contribution in [1.82, 2.24) is 4.90 Å². The second-order valence-electron chi connectivity index (χ2n) is 3.54. The van der Waals surface area contributed by atoms with E-state index >= 15 is 0 Å². The van der Waals surface area contributed by atoms with Crippen molar-refractivity contribution in [2.75, 3.05) is 20.3 Å². The Bertz CT molecular complexity index is 184. The van der Waals surface area contributed by atoms with Crippen LogP contribution in [-0.4, -0.2) is 43.2 Å². The molecule has 2 N–H and O–H groups in total. The molecule has 0 spiro atoms. The number of nitrogens with zero attached hydrogens (tertiary/aromatic N) is 1. The highest BCUT2D eigenvalue weighted by molar-refractivity contribution is 5.79. The van der Waals surface area contributed by atoms with E-state index in [0.29, 0.717) is 13.0 Å². The minimum atomic E-state index is 0.00930. The van der Waals surface area contributed by atoms with Crippen molar-refractivity contribution in [3.8, 4) is 0 Å². The number of ether oxygens (including phenoxy) is 1. The molecule has 76 valence electrons. The number of methoxy groups -OCH3 is 1. The molecular weight excluding hydrogens is 168 g/mol. The van der Waals surface area contributed by atoms with Gasteiger partial charge in [0.2, 0.25) is 5.91 Å². The summed E-state index contributed by atoms with van der Waals surface area (Å²) in [4.78, 5) is 13.2. The van der Waals surface area contributed by atoms with Crippen LogP contribution in [0.5, 0.6) is 0 Å². The van der Waals surface area contributed by atoms with Crippen molar-refractivity contribution in [2.45, 2.75) is 31.8 Å². The molecule has 0 aromatic heterocycles. The fraction of sp³-hybridized carbons (Fsp3) is 0.889. The molecule has 1 rings (SSSR count). The van der Waals surface area contributed by atoms with Crippen molar-refractivity contribution < 1.29 is 9.53 Å². The molecule has 1 fully saturated rings. The van der Waals surface area contributed by atoms with E-state index < -0.39 is 0 Å². The third-order valence-corrected chi connectivity index (χ3v) is 2.59. The lowest BCUT2D eigenvalue weighted by Crippen LogP contribution is -2.38. The van der Waals surface area contributed by atoms with Crippen LogP contribution >= 0.6 is 0 Å². The van der Waals surface area contributed by atoms with E-state index in [9.17, 15) is 4.79 Å². The van der Waals surface area contributed by atoms with Crippen LogP contribution in [0.3, 0.4) is 0 Å². The van der Waals surface area contributed by atoms with Gasteiger partial charge in [-0.2, -0.15) is 0 Å². The van der Waals surface area contributed by atoms with Gasteiger partial charge in [-0.3, -0.25) is 4.79 Å². The number of hydrogen-bond donors (Lipinski definition) is 1. The number of hydrogen-bond acceptors (Lipinski definition) is 3. The maximum atomic E-state index is 11.4. The van der Waals surface area contributed by atoms with Crippen molar-refractivity contribution in [3.05, 3.63) is 0 Å². The van der Waals surface area contributed by atoms with Gasteiger partial charge in [-0.1, -0.05) is 0 Å². The van der Waals surface area contributed by atoms with Crippen LogP contribution in [-0.2, 0) is 9.53 Å². The third-order valence-electron chi connectivity index (χ3n) is 2.59. The molecule has 2 atom stereocenters. The van der Waals surface area contributed by atoms with E-state index in [1.807, 2.05) is 11.8 Å². The molecule has 1 saturated heterocycles. The Balaban J connectivity index is 2.35. The number of carbonyl (C=O) groups excluding carboxylic acids is 1. The number of rotatable bonds is 4. The van der Waals surface area contributed by atoms with Crippen molar-refractivity contribution >= 4 is 5.91 Å². The maximum Gasteiger partial charge on any atom is 0.224 e. The Kier molecular flexibility index (Phi) is 3.69. The number of carbonyl (C=O) groups is 1. The summed E-state index contributed by atoms with van der Waals surface area (Å²) in [6.07, 6.45) is 1.38. The van der Waals surface area contributed by atoms with Gasteiger partial charge < -0.3 is 15.4 Å². The fourth-order valence-corrected chi connectivity index (χ4v) is 1.66. The molecule has 4 nitrogen and oxygen atoms in total. The van der Waals surface area contributed by atoms with Gasteiger partial charge in [0.1, 0.15) is 0 Å². The zero-order chi connectivity index (χ0) is 9.84. The highest BCUT2D eigenvalue weighted by atomic mass is 16.5. The lowest BCUT2D eigenvalue weighted by atomic mass is 10.2. The molecule has 1 heterocycles. The molecule has 1 aliphatic heterocycles. The number of nitrogens with two attached hydrogens (primary N) is 1. The van der Waals surface area contributed by atoms with Gasteiger partial charge in [0.05, 0.1) is 0 Å². The first kappa shape index (κ1) is 10.5. The van der Waals surface area contributed by atoms with Gasteiger partial charge in [0.25, 0.3) is 0 Å². The molecule has 0 aromatic carbocycles. The highest BCUT2D eigenvalue weighted by Crippen LogP contribution is 2.17. The normalized spacial score (nSPS) is 28.5. The summed E-state index contributed by atoms with van der Waals surface area (Å²) in [5.41, 5.74) is 5.77. The summed E-state index contributed by atoms with van der Waals surface area (Å²) in [6.45, 7) is 3.47. The zero-order valence-electron chi connectivity index (χ0n) is 8.32. The van der Waals surface area contributed by atoms with E-state index in [1.165, 1.54) is 0 Å². The topological polar surface area (TPSA) is 55.6 Å². The SMILES string of the molecule is COCCCN1C(=O)CC(N)C1C. The predicted octanol–water partition coefficient (Wildman–Crippen LogP) is -0.0290. The Labute approximate surface area is 79.0 Å². The predicted molar refractivity (Wildman–Crippen MR) is 50.3 cm³/mol. The van der Waals surface area contributed by atoms with Crippen LogP contribution in [0.2, 0.25) is 0 Å². The van der Waals surface area contributed by atoms with Gasteiger partial charge in [-0.05, 0) is 13.3 Å².